The Morgan fingerprint density at radius 2 is 1.25 bits per heavy atom. The Labute approximate surface area is 90.8 Å². The van der Waals surface area contributed by atoms with Crippen molar-refractivity contribution in [2.24, 2.45) is 0 Å². The molecule has 0 aliphatic carbocycles. The van der Waals surface area contributed by atoms with E-state index in [0.717, 1.165) is 11.5 Å². The van der Waals surface area contributed by atoms with Crippen LogP contribution < -0.4 is 0 Å². The van der Waals surface area contributed by atoms with Crippen LogP contribution in [0.1, 0.15) is 12.8 Å². The molecule has 6 heteroatoms. The summed E-state index contributed by atoms with van der Waals surface area (Å²) in [6.07, 6.45) is 0.963. The van der Waals surface area contributed by atoms with Crippen LogP contribution in [0.4, 0.5) is 0 Å². The van der Waals surface area contributed by atoms with Gasteiger partial charge < -0.3 is 0 Å². The molecule has 0 heterocycles. The molecule has 0 aliphatic heterocycles. The normalized spacial score (nSPS) is 9.83. The van der Waals surface area contributed by atoms with E-state index in [1.165, 1.54) is 0 Å². The van der Waals surface area contributed by atoms with Crippen LogP contribution in [0.3, 0.4) is 0 Å². The molecule has 0 fully saturated rings. The van der Waals surface area contributed by atoms with Crippen LogP contribution in [0.25, 0.3) is 0 Å². The highest BCUT2D eigenvalue weighted by Gasteiger charge is 1.97. The van der Waals surface area contributed by atoms with Crippen molar-refractivity contribution < 1.29 is 9.59 Å². The lowest BCUT2D eigenvalue weighted by molar-refractivity contribution is -0.111. The molecular formula is C6H10O2S4. The van der Waals surface area contributed by atoms with Gasteiger partial charge in [0.25, 0.3) is 0 Å². The molecule has 0 amide bonds. The maximum Gasteiger partial charge on any atom is 0.186 e. The highest BCUT2D eigenvalue weighted by molar-refractivity contribution is 8.76. The zero-order valence-electron chi connectivity index (χ0n) is 6.36. The summed E-state index contributed by atoms with van der Waals surface area (Å²) >= 11 is 7.26. The molecule has 0 bridgehead atoms. The second kappa shape index (κ2) is 8.34. The number of thiol groups is 2. The van der Waals surface area contributed by atoms with E-state index >= 15 is 0 Å². The maximum absolute atomic E-state index is 10.4. The molecule has 0 unspecified atom stereocenters. The minimum absolute atomic E-state index is 0.0895. The van der Waals surface area contributed by atoms with Gasteiger partial charge in [-0.15, -0.1) is 25.3 Å². The van der Waals surface area contributed by atoms with Gasteiger partial charge in [-0.25, -0.2) is 0 Å². The second-order valence-electron chi connectivity index (χ2n) is 1.93. The van der Waals surface area contributed by atoms with Crippen LogP contribution in [-0.2, 0) is 9.59 Å². The average Bonchev–Trinajstić information content (AvgIpc) is 1.95. The third-order valence-electron chi connectivity index (χ3n) is 0.882. The smallest absolute Gasteiger partial charge is 0.186 e. The van der Waals surface area contributed by atoms with Crippen LogP contribution in [0.15, 0.2) is 0 Å². The van der Waals surface area contributed by atoms with Crippen molar-refractivity contribution in [1.29, 1.82) is 0 Å². The molecular weight excluding hydrogens is 232 g/mol. The van der Waals surface area contributed by atoms with Crippen molar-refractivity contribution in [3.63, 3.8) is 0 Å². The lowest BCUT2D eigenvalue weighted by Crippen LogP contribution is -1.89. The summed E-state index contributed by atoms with van der Waals surface area (Å²) in [4.78, 5) is 20.7. The molecule has 0 aromatic rings. The summed E-state index contributed by atoms with van der Waals surface area (Å²) in [6, 6.07) is 0. The number of hydrogen-bond acceptors (Lipinski definition) is 4. The predicted molar refractivity (Wildman–Crippen MR) is 62.1 cm³/mol. The van der Waals surface area contributed by atoms with E-state index in [0.29, 0.717) is 12.8 Å². The summed E-state index contributed by atoms with van der Waals surface area (Å²) in [5.41, 5.74) is 0. The van der Waals surface area contributed by atoms with Gasteiger partial charge in [-0.05, 0) is 0 Å². The summed E-state index contributed by atoms with van der Waals surface area (Å²) in [6.45, 7) is 0. The Hall–Kier alpha value is 0.740. The van der Waals surface area contributed by atoms with E-state index in [2.05, 4.69) is 25.3 Å². The molecule has 0 aromatic carbocycles. The van der Waals surface area contributed by atoms with Gasteiger partial charge in [0.05, 0.1) is 0 Å². The number of hydrogen-bond donors (Lipinski definition) is 2. The van der Waals surface area contributed by atoms with Crippen molar-refractivity contribution in [2.45, 2.75) is 12.8 Å². The lowest BCUT2D eigenvalue weighted by Gasteiger charge is -1.96. The van der Waals surface area contributed by atoms with Crippen molar-refractivity contribution >= 4 is 57.1 Å². The molecule has 12 heavy (non-hydrogen) atoms. The first kappa shape index (κ1) is 12.7. The SMILES string of the molecule is O=C(S)CCSSCCC(=O)S. The largest absolute Gasteiger partial charge is 0.287 e. The molecule has 0 saturated carbocycles. The van der Waals surface area contributed by atoms with Crippen LogP contribution in [0, 0.1) is 0 Å². The molecule has 0 rings (SSSR count). The predicted octanol–water partition coefficient (Wildman–Crippen LogP) is 2.06. The summed E-state index contributed by atoms with van der Waals surface area (Å²) in [5.74, 6) is 1.52. The van der Waals surface area contributed by atoms with Crippen molar-refractivity contribution in [3.8, 4) is 0 Å². The zero-order valence-corrected chi connectivity index (χ0v) is 9.78. The highest BCUT2D eigenvalue weighted by Crippen LogP contribution is 2.23. The Morgan fingerprint density at radius 3 is 1.50 bits per heavy atom. The fourth-order valence-electron chi connectivity index (χ4n) is 0.376. The monoisotopic (exact) mass is 242 g/mol. The molecule has 0 radical (unpaired) electrons. The number of rotatable bonds is 7. The third-order valence-corrected chi connectivity index (χ3v) is 3.74. The molecule has 0 spiro atoms. The first-order chi connectivity index (χ1) is 5.63. The first-order valence-electron chi connectivity index (χ1n) is 3.31. The van der Waals surface area contributed by atoms with Crippen molar-refractivity contribution in [1.82, 2.24) is 0 Å². The van der Waals surface area contributed by atoms with Gasteiger partial charge in [0.1, 0.15) is 0 Å². The van der Waals surface area contributed by atoms with Gasteiger partial charge in [-0.3, -0.25) is 9.59 Å². The van der Waals surface area contributed by atoms with Gasteiger partial charge in [0, 0.05) is 24.3 Å². The van der Waals surface area contributed by atoms with Gasteiger partial charge in [-0.2, -0.15) is 0 Å². The molecule has 70 valence electrons. The van der Waals surface area contributed by atoms with E-state index in [4.69, 9.17) is 0 Å². The van der Waals surface area contributed by atoms with Gasteiger partial charge in [0.15, 0.2) is 10.2 Å². The lowest BCUT2D eigenvalue weighted by atomic mass is 10.5. The molecule has 0 aromatic heterocycles. The van der Waals surface area contributed by atoms with E-state index in [1.807, 2.05) is 0 Å². The molecule has 0 atom stereocenters. The zero-order chi connectivity index (χ0) is 9.40. The minimum Gasteiger partial charge on any atom is -0.287 e. The Morgan fingerprint density at radius 1 is 0.917 bits per heavy atom. The quantitative estimate of drug-likeness (QED) is 0.407. The van der Waals surface area contributed by atoms with E-state index in [1.54, 1.807) is 21.6 Å². The van der Waals surface area contributed by atoms with Crippen molar-refractivity contribution in [3.05, 3.63) is 0 Å². The fraction of sp³-hybridized carbons (Fsp3) is 0.667. The molecule has 0 aliphatic rings. The second-order valence-corrected chi connectivity index (χ2v) is 5.63. The minimum atomic E-state index is -0.0895. The van der Waals surface area contributed by atoms with Crippen LogP contribution in [0.5, 0.6) is 0 Å². The highest BCUT2D eigenvalue weighted by atomic mass is 33.1. The third kappa shape index (κ3) is 10.7. The number of carbonyl (C=O) groups excluding carboxylic acids is 2. The van der Waals surface area contributed by atoms with E-state index in [-0.39, 0.29) is 10.2 Å². The van der Waals surface area contributed by atoms with E-state index in [9.17, 15) is 9.59 Å². The van der Waals surface area contributed by atoms with Gasteiger partial charge >= 0.3 is 0 Å². The summed E-state index contributed by atoms with van der Waals surface area (Å²) in [7, 11) is 3.17. The molecule has 0 N–H and O–H groups in total. The van der Waals surface area contributed by atoms with Crippen LogP contribution in [-0.4, -0.2) is 21.7 Å². The first-order valence-corrected chi connectivity index (χ1v) is 6.69. The molecule has 2 nitrogen and oxygen atoms in total. The average molecular weight is 242 g/mol. The summed E-state index contributed by atoms with van der Waals surface area (Å²) in [5, 5.41) is -0.179. The van der Waals surface area contributed by atoms with Crippen LogP contribution >= 0.6 is 46.8 Å². The molecule has 0 saturated heterocycles. The fourth-order valence-corrected chi connectivity index (χ4v) is 2.88. The summed E-state index contributed by atoms with van der Waals surface area (Å²) < 4.78 is 0. The Kier molecular flexibility index (Phi) is 8.86. The van der Waals surface area contributed by atoms with Crippen molar-refractivity contribution in [2.75, 3.05) is 11.5 Å². The van der Waals surface area contributed by atoms with Gasteiger partial charge in [0.2, 0.25) is 0 Å². The Bertz CT molecular complexity index is 142. The Balaban J connectivity index is 3.01. The van der Waals surface area contributed by atoms with E-state index < -0.39 is 0 Å². The maximum atomic E-state index is 10.4. The van der Waals surface area contributed by atoms with Crippen LogP contribution in [0.2, 0.25) is 0 Å². The standard InChI is InChI=1S/C6H10O2S4/c7-5(9)1-3-11-12-4-2-6(8)10/h1-4H2,(H,7,9)(H,8,10). The topological polar surface area (TPSA) is 34.1 Å². The number of carbonyl (C=O) groups is 2. The van der Waals surface area contributed by atoms with Gasteiger partial charge in [-0.1, -0.05) is 21.6 Å².